The number of benzene rings is 1. The van der Waals surface area contributed by atoms with Gasteiger partial charge in [-0.05, 0) is 67.7 Å². The number of rotatable bonds is 5. The lowest BCUT2D eigenvalue weighted by Crippen LogP contribution is -2.42. The SMILES string of the molecule is CCNC(Cc1c(C)cccc1C)C1CCCC1(C)C. The Hall–Kier alpha value is -0.820. The molecule has 2 unspecified atom stereocenters. The highest BCUT2D eigenvalue weighted by molar-refractivity contribution is 5.34. The molecule has 1 nitrogen and oxygen atoms in total. The monoisotopic (exact) mass is 273 g/mol. The number of hydrogen-bond acceptors (Lipinski definition) is 1. The molecule has 1 fully saturated rings. The van der Waals surface area contributed by atoms with Gasteiger partial charge in [-0.15, -0.1) is 0 Å². The lowest BCUT2D eigenvalue weighted by Gasteiger charge is -2.35. The normalized spacial score (nSPS) is 22.9. The third-order valence-electron chi connectivity index (χ3n) is 5.36. The maximum absolute atomic E-state index is 3.78. The number of hydrogen-bond donors (Lipinski definition) is 1. The first kappa shape index (κ1) is 15.6. The number of nitrogens with one attached hydrogen (secondary N) is 1. The van der Waals surface area contributed by atoms with Gasteiger partial charge in [-0.2, -0.15) is 0 Å². The van der Waals surface area contributed by atoms with Crippen molar-refractivity contribution in [2.45, 2.75) is 66.3 Å². The summed E-state index contributed by atoms with van der Waals surface area (Å²) in [5.74, 6) is 0.807. The molecular weight excluding hydrogens is 242 g/mol. The highest BCUT2D eigenvalue weighted by Gasteiger charge is 2.39. The minimum absolute atomic E-state index is 0.490. The molecule has 112 valence electrons. The van der Waals surface area contributed by atoms with Crippen LogP contribution < -0.4 is 5.32 Å². The van der Waals surface area contributed by atoms with Gasteiger partial charge in [-0.1, -0.05) is 45.4 Å². The van der Waals surface area contributed by atoms with E-state index in [1.54, 1.807) is 5.56 Å². The quantitative estimate of drug-likeness (QED) is 0.823. The molecule has 20 heavy (non-hydrogen) atoms. The van der Waals surface area contributed by atoms with Gasteiger partial charge in [0.1, 0.15) is 0 Å². The summed E-state index contributed by atoms with van der Waals surface area (Å²) >= 11 is 0. The van der Waals surface area contributed by atoms with Gasteiger partial charge in [0.25, 0.3) is 0 Å². The average Bonchev–Trinajstić information content (AvgIpc) is 2.72. The molecule has 0 spiro atoms. The van der Waals surface area contributed by atoms with Crippen LogP contribution in [0.4, 0.5) is 0 Å². The van der Waals surface area contributed by atoms with Gasteiger partial charge in [0, 0.05) is 6.04 Å². The zero-order chi connectivity index (χ0) is 14.8. The van der Waals surface area contributed by atoms with Crippen LogP contribution in [0.2, 0.25) is 0 Å². The molecular formula is C19H31N. The van der Waals surface area contributed by atoms with E-state index in [1.807, 2.05) is 0 Å². The average molecular weight is 273 g/mol. The molecule has 0 radical (unpaired) electrons. The van der Waals surface area contributed by atoms with Crippen molar-refractivity contribution in [3.63, 3.8) is 0 Å². The molecule has 0 saturated heterocycles. The van der Waals surface area contributed by atoms with Gasteiger partial charge < -0.3 is 5.32 Å². The van der Waals surface area contributed by atoms with E-state index in [-0.39, 0.29) is 0 Å². The second kappa shape index (κ2) is 6.30. The summed E-state index contributed by atoms with van der Waals surface area (Å²) in [4.78, 5) is 0. The Morgan fingerprint density at radius 3 is 2.40 bits per heavy atom. The molecule has 1 aliphatic carbocycles. The van der Waals surface area contributed by atoms with Crippen molar-refractivity contribution < 1.29 is 0 Å². The van der Waals surface area contributed by atoms with E-state index in [1.165, 1.54) is 36.8 Å². The van der Waals surface area contributed by atoms with Crippen LogP contribution in [0.3, 0.4) is 0 Å². The first-order chi connectivity index (χ1) is 9.45. The van der Waals surface area contributed by atoms with Crippen LogP contribution in [0.5, 0.6) is 0 Å². The van der Waals surface area contributed by atoms with E-state index in [0.717, 1.165) is 12.5 Å². The third-order valence-corrected chi connectivity index (χ3v) is 5.36. The van der Waals surface area contributed by atoms with Crippen molar-refractivity contribution in [3.8, 4) is 0 Å². The maximum Gasteiger partial charge on any atom is 0.0141 e. The molecule has 2 rings (SSSR count). The molecule has 1 heteroatoms. The molecule has 2 atom stereocenters. The Morgan fingerprint density at radius 1 is 1.25 bits per heavy atom. The molecule has 0 amide bonds. The zero-order valence-corrected chi connectivity index (χ0v) is 13.9. The molecule has 0 bridgehead atoms. The van der Waals surface area contributed by atoms with Gasteiger partial charge in [0.15, 0.2) is 0 Å². The molecule has 1 N–H and O–H groups in total. The molecule has 0 aromatic heterocycles. The Bertz CT molecular complexity index is 427. The minimum Gasteiger partial charge on any atom is -0.314 e. The Morgan fingerprint density at radius 2 is 1.90 bits per heavy atom. The fraction of sp³-hybridized carbons (Fsp3) is 0.684. The highest BCUT2D eigenvalue weighted by atomic mass is 14.9. The van der Waals surface area contributed by atoms with Crippen LogP contribution in [0.1, 0.15) is 56.7 Å². The van der Waals surface area contributed by atoms with Crippen LogP contribution in [0.15, 0.2) is 18.2 Å². The van der Waals surface area contributed by atoms with E-state index >= 15 is 0 Å². The molecule has 0 aliphatic heterocycles. The first-order valence-electron chi connectivity index (χ1n) is 8.24. The zero-order valence-electron chi connectivity index (χ0n) is 13.9. The van der Waals surface area contributed by atoms with E-state index in [9.17, 15) is 0 Å². The number of likely N-dealkylation sites (N-methyl/N-ethyl adjacent to an activating group) is 1. The van der Waals surface area contributed by atoms with Crippen molar-refractivity contribution in [1.29, 1.82) is 0 Å². The predicted molar refractivity (Wildman–Crippen MR) is 88.2 cm³/mol. The summed E-state index contributed by atoms with van der Waals surface area (Å²) in [5, 5.41) is 3.78. The van der Waals surface area contributed by atoms with E-state index in [2.05, 4.69) is 58.1 Å². The molecule has 1 aromatic rings. The van der Waals surface area contributed by atoms with Gasteiger partial charge in [0.05, 0.1) is 0 Å². The standard InChI is InChI=1S/C19H31N/c1-6-20-18(17-11-8-12-19(17,4)5)13-16-14(2)9-7-10-15(16)3/h7,9-10,17-18,20H,6,8,11-13H2,1-5H3. The topological polar surface area (TPSA) is 12.0 Å². The van der Waals surface area contributed by atoms with Crippen molar-refractivity contribution in [2.24, 2.45) is 11.3 Å². The lowest BCUT2D eigenvalue weighted by molar-refractivity contribution is 0.197. The summed E-state index contributed by atoms with van der Waals surface area (Å²) in [7, 11) is 0. The fourth-order valence-corrected chi connectivity index (χ4v) is 4.11. The molecule has 1 aliphatic rings. The second-order valence-corrected chi connectivity index (χ2v) is 7.23. The Labute approximate surface area is 125 Å². The summed E-state index contributed by atoms with van der Waals surface area (Å²) in [6, 6.07) is 7.31. The second-order valence-electron chi connectivity index (χ2n) is 7.23. The van der Waals surface area contributed by atoms with E-state index in [4.69, 9.17) is 0 Å². The Balaban J connectivity index is 2.22. The first-order valence-corrected chi connectivity index (χ1v) is 8.24. The van der Waals surface area contributed by atoms with Crippen LogP contribution in [0.25, 0.3) is 0 Å². The van der Waals surface area contributed by atoms with Crippen molar-refractivity contribution in [1.82, 2.24) is 5.32 Å². The van der Waals surface area contributed by atoms with Crippen LogP contribution >= 0.6 is 0 Å². The molecule has 1 saturated carbocycles. The van der Waals surface area contributed by atoms with Crippen molar-refractivity contribution in [3.05, 3.63) is 34.9 Å². The van der Waals surface area contributed by atoms with E-state index in [0.29, 0.717) is 11.5 Å². The summed E-state index contributed by atoms with van der Waals surface area (Å²) < 4.78 is 0. The number of aryl methyl sites for hydroxylation is 2. The summed E-state index contributed by atoms with van der Waals surface area (Å²) in [6.45, 7) is 12.7. The van der Waals surface area contributed by atoms with Gasteiger partial charge in [0.2, 0.25) is 0 Å². The van der Waals surface area contributed by atoms with Crippen LogP contribution in [0, 0.1) is 25.2 Å². The minimum atomic E-state index is 0.490. The van der Waals surface area contributed by atoms with E-state index < -0.39 is 0 Å². The fourth-order valence-electron chi connectivity index (χ4n) is 4.11. The van der Waals surface area contributed by atoms with Crippen molar-refractivity contribution in [2.75, 3.05) is 6.54 Å². The van der Waals surface area contributed by atoms with Crippen molar-refractivity contribution >= 4 is 0 Å². The maximum atomic E-state index is 3.78. The van der Waals surface area contributed by atoms with Crippen LogP contribution in [-0.2, 0) is 6.42 Å². The Kier molecular flexibility index (Phi) is 4.90. The molecule has 0 heterocycles. The summed E-state index contributed by atoms with van der Waals surface area (Å²) in [5.41, 5.74) is 4.94. The smallest absolute Gasteiger partial charge is 0.0141 e. The van der Waals surface area contributed by atoms with Gasteiger partial charge in [-0.3, -0.25) is 0 Å². The van der Waals surface area contributed by atoms with Gasteiger partial charge >= 0.3 is 0 Å². The molecule has 1 aromatic carbocycles. The van der Waals surface area contributed by atoms with Crippen LogP contribution in [-0.4, -0.2) is 12.6 Å². The highest BCUT2D eigenvalue weighted by Crippen LogP contribution is 2.45. The van der Waals surface area contributed by atoms with Gasteiger partial charge in [-0.25, -0.2) is 0 Å². The largest absolute Gasteiger partial charge is 0.314 e. The lowest BCUT2D eigenvalue weighted by atomic mass is 9.75. The summed E-state index contributed by atoms with van der Waals surface area (Å²) in [6.07, 6.45) is 5.34. The third kappa shape index (κ3) is 3.25. The predicted octanol–water partition coefficient (Wildman–Crippen LogP) is 4.65.